The largest absolute Gasteiger partial charge is 0.477 e. The molecule has 0 aliphatic rings. The molecule has 78 valence electrons. The van der Waals surface area contributed by atoms with Gasteiger partial charge < -0.3 is 5.11 Å². The van der Waals surface area contributed by atoms with Crippen molar-refractivity contribution in [3.8, 4) is 0 Å². The Labute approximate surface area is 101 Å². The van der Waals surface area contributed by atoms with Crippen molar-refractivity contribution in [1.82, 2.24) is 0 Å². The Hall–Kier alpha value is -0.650. The third-order valence-electron chi connectivity index (χ3n) is 1.88. The maximum atomic E-state index is 13.4. The summed E-state index contributed by atoms with van der Waals surface area (Å²) in [6.45, 7) is 0. The van der Waals surface area contributed by atoms with E-state index in [1.165, 1.54) is 12.1 Å². The molecule has 2 aromatic rings. The first kappa shape index (κ1) is 10.9. The Morgan fingerprint density at radius 2 is 2.20 bits per heavy atom. The van der Waals surface area contributed by atoms with Crippen LogP contribution in [0.4, 0.5) is 4.39 Å². The second-order valence-electron chi connectivity index (χ2n) is 2.78. The van der Waals surface area contributed by atoms with Crippen molar-refractivity contribution in [3.05, 3.63) is 32.3 Å². The average molecular weight is 310 g/mol. The van der Waals surface area contributed by atoms with Crippen molar-refractivity contribution in [1.29, 1.82) is 0 Å². The Balaban J connectivity index is 2.93. The number of hydrogen-bond acceptors (Lipinski definition) is 2. The highest BCUT2D eigenvalue weighted by Gasteiger charge is 2.20. The first-order valence-electron chi connectivity index (χ1n) is 3.81. The predicted octanol–water partition coefficient (Wildman–Crippen LogP) is 4.15. The van der Waals surface area contributed by atoms with Gasteiger partial charge in [0, 0.05) is 9.86 Å². The standard InChI is InChI=1S/C9H3BrClFO2S/c10-3-1-2-4(12)7-5(3)6(11)8(15-7)9(13)14/h1-2H,(H,13,14). The summed E-state index contributed by atoms with van der Waals surface area (Å²) in [5.41, 5.74) is 0. The van der Waals surface area contributed by atoms with Crippen LogP contribution in [0.15, 0.2) is 16.6 Å². The monoisotopic (exact) mass is 308 g/mol. The fraction of sp³-hybridized carbons (Fsp3) is 0. The minimum Gasteiger partial charge on any atom is -0.477 e. The lowest BCUT2D eigenvalue weighted by atomic mass is 10.2. The smallest absolute Gasteiger partial charge is 0.347 e. The molecule has 0 spiro atoms. The van der Waals surface area contributed by atoms with Gasteiger partial charge in [-0.15, -0.1) is 11.3 Å². The second-order valence-corrected chi connectivity index (χ2v) is 5.04. The van der Waals surface area contributed by atoms with Crippen LogP contribution in [0, 0.1) is 5.82 Å². The van der Waals surface area contributed by atoms with Crippen molar-refractivity contribution in [2.24, 2.45) is 0 Å². The van der Waals surface area contributed by atoms with Crippen LogP contribution in [0.1, 0.15) is 9.67 Å². The molecule has 6 heteroatoms. The quantitative estimate of drug-likeness (QED) is 0.859. The number of carbonyl (C=O) groups is 1. The highest BCUT2D eigenvalue weighted by molar-refractivity contribution is 9.10. The molecule has 2 rings (SSSR count). The zero-order valence-electron chi connectivity index (χ0n) is 7.05. The number of thiophene rings is 1. The third-order valence-corrected chi connectivity index (χ3v) is 4.21. The van der Waals surface area contributed by atoms with Gasteiger partial charge in [-0.05, 0) is 12.1 Å². The van der Waals surface area contributed by atoms with E-state index in [1.54, 1.807) is 0 Å². The molecule has 0 atom stereocenters. The SMILES string of the molecule is O=C(O)c1sc2c(F)ccc(Br)c2c1Cl. The van der Waals surface area contributed by atoms with Crippen LogP contribution in [0.2, 0.25) is 5.02 Å². The fourth-order valence-corrected chi connectivity index (χ4v) is 3.42. The number of carboxylic acid groups (broad SMARTS) is 1. The minimum atomic E-state index is -1.15. The van der Waals surface area contributed by atoms with Crippen molar-refractivity contribution in [2.45, 2.75) is 0 Å². The molecule has 0 fully saturated rings. The maximum Gasteiger partial charge on any atom is 0.347 e. The van der Waals surface area contributed by atoms with E-state index in [4.69, 9.17) is 16.7 Å². The van der Waals surface area contributed by atoms with Gasteiger partial charge >= 0.3 is 5.97 Å². The Bertz CT molecular complexity index is 567. The first-order valence-corrected chi connectivity index (χ1v) is 5.80. The molecule has 0 aliphatic heterocycles. The van der Waals surface area contributed by atoms with Crippen LogP contribution in [0.3, 0.4) is 0 Å². The molecule has 15 heavy (non-hydrogen) atoms. The van der Waals surface area contributed by atoms with E-state index in [9.17, 15) is 9.18 Å². The van der Waals surface area contributed by atoms with Gasteiger partial charge in [0.15, 0.2) is 0 Å². The first-order chi connectivity index (χ1) is 7.02. The zero-order chi connectivity index (χ0) is 11.2. The number of aromatic carboxylic acids is 1. The van der Waals surface area contributed by atoms with E-state index in [2.05, 4.69) is 15.9 Å². The summed E-state index contributed by atoms with van der Waals surface area (Å²) in [6, 6.07) is 2.77. The Morgan fingerprint density at radius 1 is 1.53 bits per heavy atom. The van der Waals surface area contributed by atoms with E-state index in [0.717, 1.165) is 11.3 Å². The molecule has 0 saturated heterocycles. The number of benzene rings is 1. The molecule has 0 aliphatic carbocycles. The number of halogens is 3. The van der Waals surface area contributed by atoms with E-state index < -0.39 is 11.8 Å². The molecular weight excluding hydrogens is 307 g/mol. The second kappa shape index (κ2) is 3.73. The van der Waals surface area contributed by atoms with Gasteiger partial charge in [0.2, 0.25) is 0 Å². The number of fused-ring (bicyclic) bond motifs is 1. The van der Waals surface area contributed by atoms with Crippen molar-refractivity contribution < 1.29 is 14.3 Å². The molecule has 1 aromatic heterocycles. The van der Waals surface area contributed by atoms with Gasteiger partial charge in [-0.2, -0.15) is 0 Å². The van der Waals surface area contributed by atoms with Crippen LogP contribution < -0.4 is 0 Å². The average Bonchev–Trinajstić information content (AvgIpc) is 2.51. The highest BCUT2D eigenvalue weighted by Crippen LogP contribution is 2.40. The lowest BCUT2D eigenvalue weighted by Crippen LogP contribution is -1.91. The molecule has 0 bridgehead atoms. The summed E-state index contributed by atoms with van der Waals surface area (Å²) in [5.74, 6) is -1.61. The fourth-order valence-electron chi connectivity index (χ4n) is 1.24. The normalized spacial score (nSPS) is 10.9. The van der Waals surface area contributed by atoms with Crippen LogP contribution in [0.25, 0.3) is 10.1 Å². The molecule has 1 aromatic carbocycles. The Kier molecular flexibility index (Phi) is 2.70. The summed E-state index contributed by atoms with van der Waals surface area (Å²) in [5, 5.41) is 9.33. The van der Waals surface area contributed by atoms with Gasteiger partial charge in [-0.1, -0.05) is 27.5 Å². The summed E-state index contributed by atoms with van der Waals surface area (Å²) >= 11 is 9.91. The topological polar surface area (TPSA) is 37.3 Å². The maximum absolute atomic E-state index is 13.4. The van der Waals surface area contributed by atoms with Crippen LogP contribution in [0.5, 0.6) is 0 Å². The number of hydrogen-bond donors (Lipinski definition) is 1. The number of carboxylic acids is 1. The van der Waals surface area contributed by atoms with E-state index in [-0.39, 0.29) is 14.6 Å². The summed E-state index contributed by atoms with van der Waals surface area (Å²) in [7, 11) is 0. The molecule has 1 N–H and O–H groups in total. The van der Waals surface area contributed by atoms with E-state index in [1.807, 2.05) is 0 Å². The van der Waals surface area contributed by atoms with Gasteiger partial charge in [-0.25, -0.2) is 9.18 Å². The lowest BCUT2D eigenvalue weighted by molar-refractivity contribution is 0.0702. The number of rotatable bonds is 1. The van der Waals surface area contributed by atoms with E-state index >= 15 is 0 Å². The lowest BCUT2D eigenvalue weighted by Gasteiger charge is -1.95. The highest BCUT2D eigenvalue weighted by atomic mass is 79.9. The molecular formula is C9H3BrClFO2S. The predicted molar refractivity (Wildman–Crippen MR) is 61.5 cm³/mol. The van der Waals surface area contributed by atoms with Gasteiger partial charge in [0.1, 0.15) is 10.7 Å². The molecule has 0 amide bonds. The van der Waals surface area contributed by atoms with Crippen LogP contribution in [-0.4, -0.2) is 11.1 Å². The van der Waals surface area contributed by atoms with E-state index in [0.29, 0.717) is 9.86 Å². The van der Waals surface area contributed by atoms with Gasteiger partial charge in [-0.3, -0.25) is 0 Å². The zero-order valence-corrected chi connectivity index (χ0v) is 10.2. The molecule has 0 radical (unpaired) electrons. The summed E-state index contributed by atoms with van der Waals surface area (Å²) in [4.78, 5) is 10.8. The molecule has 0 unspecified atom stereocenters. The van der Waals surface area contributed by atoms with Crippen molar-refractivity contribution in [3.63, 3.8) is 0 Å². The van der Waals surface area contributed by atoms with Crippen molar-refractivity contribution in [2.75, 3.05) is 0 Å². The van der Waals surface area contributed by atoms with Gasteiger partial charge in [0.25, 0.3) is 0 Å². The molecule has 2 nitrogen and oxygen atoms in total. The third kappa shape index (κ3) is 1.64. The summed E-state index contributed by atoms with van der Waals surface area (Å²) < 4.78 is 14.2. The van der Waals surface area contributed by atoms with Crippen LogP contribution >= 0.6 is 38.9 Å². The minimum absolute atomic E-state index is 0.0440. The van der Waals surface area contributed by atoms with Crippen LogP contribution in [-0.2, 0) is 0 Å². The Morgan fingerprint density at radius 3 is 2.73 bits per heavy atom. The molecule has 0 saturated carbocycles. The van der Waals surface area contributed by atoms with Gasteiger partial charge in [0.05, 0.1) is 9.72 Å². The molecule has 1 heterocycles. The van der Waals surface area contributed by atoms with Crippen molar-refractivity contribution >= 4 is 54.9 Å². The summed E-state index contributed by atoms with van der Waals surface area (Å²) in [6.07, 6.45) is 0.